The number of fused-ring (bicyclic) bond motifs is 1. The van der Waals surface area contributed by atoms with Gasteiger partial charge < -0.3 is 19.1 Å². The molecule has 35 heavy (non-hydrogen) atoms. The van der Waals surface area contributed by atoms with E-state index in [-0.39, 0.29) is 6.42 Å². The number of methoxy groups -OCH3 is 1. The van der Waals surface area contributed by atoms with Gasteiger partial charge in [0, 0.05) is 18.4 Å². The molecule has 0 aliphatic rings. The molecule has 0 amide bonds. The molecule has 0 aliphatic carbocycles. The van der Waals surface area contributed by atoms with Crippen LogP contribution in [0.25, 0.3) is 11.0 Å². The molecule has 0 radical (unpaired) electrons. The monoisotopic (exact) mass is 472 g/mol. The van der Waals surface area contributed by atoms with Gasteiger partial charge in [-0.2, -0.15) is 0 Å². The molecule has 182 valence electrons. The summed E-state index contributed by atoms with van der Waals surface area (Å²) in [4.78, 5) is 15.7. The maximum atomic E-state index is 10.9. The van der Waals surface area contributed by atoms with Crippen molar-refractivity contribution in [2.75, 3.05) is 7.11 Å². The van der Waals surface area contributed by atoms with Crippen molar-refractivity contribution in [1.82, 2.24) is 9.55 Å². The number of nitrogens with zero attached hydrogens (tertiary/aromatic N) is 2. The Hall–Kier alpha value is -3.80. The van der Waals surface area contributed by atoms with E-state index in [0.717, 1.165) is 57.9 Å². The van der Waals surface area contributed by atoms with E-state index in [2.05, 4.69) is 30.5 Å². The maximum Gasteiger partial charge on any atom is 0.303 e. The fraction of sp³-hybridized carbons (Fsp3) is 0.310. The number of hydrogen-bond donors (Lipinski definition) is 1. The third kappa shape index (κ3) is 5.65. The van der Waals surface area contributed by atoms with Crippen LogP contribution in [0.5, 0.6) is 11.5 Å². The summed E-state index contributed by atoms with van der Waals surface area (Å²) in [6, 6.07) is 20.3. The van der Waals surface area contributed by atoms with Gasteiger partial charge in [0.1, 0.15) is 23.9 Å². The zero-order chi connectivity index (χ0) is 24.8. The topological polar surface area (TPSA) is 73.6 Å². The zero-order valence-electron chi connectivity index (χ0n) is 20.6. The van der Waals surface area contributed by atoms with Gasteiger partial charge in [0.2, 0.25) is 0 Å². The van der Waals surface area contributed by atoms with Crippen molar-refractivity contribution in [3.05, 3.63) is 88.7 Å². The highest BCUT2D eigenvalue weighted by Gasteiger charge is 2.13. The Balaban J connectivity index is 1.54. The van der Waals surface area contributed by atoms with E-state index < -0.39 is 5.97 Å². The lowest BCUT2D eigenvalue weighted by molar-refractivity contribution is -0.136. The van der Waals surface area contributed by atoms with Crippen molar-refractivity contribution in [2.45, 2.75) is 52.7 Å². The van der Waals surface area contributed by atoms with E-state index in [9.17, 15) is 4.79 Å². The largest absolute Gasteiger partial charge is 0.496 e. The lowest BCUT2D eigenvalue weighted by Crippen LogP contribution is -2.06. The van der Waals surface area contributed by atoms with Crippen LogP contribution in [0.15, 0.2) is 60.7 Å². The quantitative estimate of drug-likeness (QED) is 0.298. The van der Waals surface area contributed by atoms with E-state index in [1.165, 1.54) is 5.56 Å². The Kier molecular flexibility index (Phi) is 7.70. The van der Waals surface area contributed by atoms with Crippen molar-refractivity contribution in [2.24, 2.45) is 0 Å². The molecule has 1 heterocycles. The number of imidazole rings is 1. The Labute approximate surface area is 206 Å². The molecule has 1 N–H and O–H groups in total. The van der Waals surface area contributed by atoms with E-state index >= 15 is 0 Å². The van der Waals surface area contributed by atoms with Gasteiger partial charge in [-0.3, -0.25) is 4.79 Å². The number of benzene rings is 3. The molecule has 6 heteroatoms. The SMILES string of the molecule is CCc1cc(COc2ccc(OC)c(Cn3c(CC)nc4ccccc43)c2)ccc1CCC(=O)O. The molecule has 0 bridgehead atoms. The van der Waals surface area contributed by atoms with Gasteiger partial charge in [0.25, 0.3) is 0 Å². The molecule has 1 aromatic heterocycles. The number of aromatic nitrogens is 2. The number of hydrogen-bond acceptors (Lipinski definition) is 4. The summed E-state index contributed by atoms with van der Waals surface area (Å²) < 4.78 is 14.0. The Bertz CT molecular complexity index is 1330. The molecular formula is C29H32N2O4. The van der Waals surface area contributed by atoms with Crippen LogP contribution in [0.1, 0.15) is 48.3 Å². The normalized spacial score (nSPS) is 11.1. The molecule has 0 spiro atoms. The molecule has 0 saturated carbocycles. The molecule has 0 aliphatic heterocycles. The van der Waals surface area contributed by atoms with E-state index in [1.807, 2.05) is 48.5 Å². The first kappa shape index (κ1) is 24.3. The van der Waals surface area contributed by atoms with Crippen LogP contribution in [-0.2, 0) is 37.2 Å². The summed E-state index contributed by atoms with van der Waals surface area (Å²) >= 11 is 0. The highest BCUT2D eigenvalue weighted by Crippen LogP contribution is 2.28. The first-order valence-electron chi connectivity index (χ1n) is 12.1. The number of ether oxygens (including phenoxy) is 2. The minimum absolute atomic E-state index is 0.142. The van der Waals surface area contributed by atoms with Gasteiger partial charge in [-0.25, -0.2) is 4.98 Å². The number of carboxylic acids is 1. The highest BCUT2D eigenvalue weighted by atomic mass is 16.5. The van der Waals surface area contributed by atoms with Gasteiger partial charge >= 0.3 is 5.97 Å². The van der Waals surface area contributed by atoms with Crippen LogP contribution in [0.4, 0.5) is 0 Å². The third-order valence-electron chi connectivity index (χ3n) is 6.30. The zero-order valence-corrected chi connectivity index (χ0v) is 20.6. The average Bonchev–Trinajstić information content (AvgIpc) is 3.24. The highest BCUT2D eigenvalue weighted by molar-refractivity contribution is 5.76. The summed E-state index contributed by atoms with van der Waals surface area (Å²) in [6.07, 6.45) is 2.39. The summed E-state index contributed by atoms with van der Waals surface area (Å²) in [5.74, 6) is 1.85. The van der Waals surface area contributed by atoms with Crippen LogP contribution < -0.4 is 9.47 Å². The summed E-state index contributed by atoms with van der Waals surface area (Å²) in [5.41, 5.74) is 6.45. The minimum Gasteiger partial charge on any atom is -0.496 e. The number of aliphatic carboxylic acids is 1. The minimum atomic E-state index is -0.774. The maximum absolute atomic E-state index is 10.9. The van der Waals surface area contributed by atoms with Crippen molar-refractivity contribution in [3.63, 3.8) is 0 Å². The van der Waals surface area contributed by atoms with Gasteiger partial charge in [-0.15, -0.1) is 0 Å². The average molecular weight is 473 g/mol. The standard InChI is InChI=1S/C29H32N2O4/c1-4-21-16-20(10-11-22(21)12-15-29(32)33)19-35-24-13-14-27(34-3)23(17-24)18-31-26-9-7-6-8-25(26)30-28(31)5-2/h6-11,13-14,16-17H,4-5,12,15,18-19H2,1-3H3,(H,32,33). The van der Waals surface area contributed by atoms with Crippen LogP contribution in [-0.4, -0.2) is 27.7 Å². The second-order valence-electron chi connectivity index (χ2n) is 8.57. The van der Waals surface area contributed by atoms with E-state index in [0.29, 0.717) is 19.6 Å². The number of para-hydroxylation sites is 2. The van der Waals surface area contributed by atoms with Crippen molar-refractivity contribution >= 4 is 17.0 Å². The smallest absolute Gasteiger partial charge is 0.303 e. The van der Waals surface area contributed by atoms with Crippen LogP contribution in [0.2, 0.25) is 0 Å². The lowest BCUT2D eigenvalue weighted by atomic mass is 9.98. The molecule has 4 rings (SSSR count). The van der Waals surface area contributed by atoms with Gasteiger partial charge in [-0.05, 0) is 59.9 Å². The molecule has 3 aromatic carbocycles. The molecule has 0 saturated heterocycles. The van der Waals surface area contributed by atoms with Crippen molar-refractivity contribution < 1.29 is 19.4 Å². The van der Waals surface area contributed by atoms with Crippen molar-refractivity contribution in [3.8, 4) is 11.5 Å². The van der Waals surface area contributed by atoms with Crippen LogP contribution >= 0.6 is 0 Å². The van der Waals surface area contributed by atoms with Crippen molar-refractivity contribution in [1.29, 1.82) is 0 Å². The number of carbonyl (C=O) groups is 1. The van der Waals surface area contributed by atoms with Crippen LogP contribution in [0.3, 0.4) is 0 Å². The lowest BCUT2D eigenvalue weighted by Gasteiger charge is -2.15. The van der Waals surface area contributed by atoms with E-state index in [4.69, 9.17) is 19.6 Å². The number of carboxylic acid groups (broad SMARTS) is 1. The second-order valence-corrected chi connectivity index (χ2v) is 8.57. The van der Waals surface area contributed by atoms with Crippen LogP contribution in [0, 0.1) is 0 Å². The molecule has 4 aromatic rings. The molecule has 0 unspecified atom stereocenters. The number of rotatable bonds is 11. The summed E-state index contributed by atoms with van der Waals surface area (Å²) in [5, 5.41) is 8.99. The molecule has 6 nitrogen and oxygen atoms in total. The third-order valence-corrected chi connectivity index (χ3v) is 6.30. The fourth-order valence-electron chi connectivity index (χ4n) is 4.46. The van der Waals surface area contributed by atoms with Gasteiger partial charge in [0.15, 0.2) is 0 Å². The molecular weight excluding hydrogens is 440 g/mol. The Morgan fingerprint density at radius 1 is 0.971 bits per heavy atom. The fourth-order valence-corrected chi connectivity index (χ4v) is 4.46. The predicted octanol–water partition coefficient (Wildman–Crippen LogP) is 5.81. The Morgan fingerprint density at radius 3 is 2.54 bits per heavy atom. The van der Waals surface area contributed by atoms with E-state index in [1.54, 1.807) is 7.11 Å². The first-order chi connectivity index (χ1) is 17.0. The van der Waals surface area contributed by atoms with Gasteiger partial charge in [-0.1, -0.05) is 44.2 Å². The second kappa shape index (κ2) is 11.1. The Morgan fingerprint density at radius 2 is 1.80 bits per heavy atom. The molecule has 0 fully saturated rings. The van der Waals surface area contributed by atoms with Gasteiger partial charge in [0.05, 0.1) is 24.7 Å². The summed E-state index contributed by atoms with van der Waals surface area (Å²) in [7, 11) is 1.68. The molecule has 0 atom stereocenters. The first-order valence-corrected chi connectivity index (χ1v) is 12.1. The summed E-state index contributed by atoms with van der Waals surface area (Å²) in [6.45, 7) is 5.28. The predicted molar refractivity (Wildman–Crippen MR) is 137 cm³/mol. The number of aryl methyl sites for hydroxylation is 3.